The van der Waals surface area contributed by atoms with Crippen LogP contribution in [0, 0.1) is 0 Å². The Kier molecular flexibility index (Phi) is 1.60. The van der Waals surface area contributed by atoms with Gasteiger partial charge < -0.3 is 5.32 Å². The highest BCUT2D eigenvalue weighted by molar-refractivity contribution is 7.80. The number of nitrogens with one attached hydrogen (secondary N) is 2. The minimum Gasteiger partial charge on any atom is -0.323 e. The topological polar surface area (TPSA) is 58.2 Å². The highest BCUT2D eigenvalue weighted by Crippen LogP contribution is 2.10. The van der Waals surface area contributed by atoms with Crippen molar-refractivity contribution in [1.29, 1.82) is 0 Å². The number of hydrogen-bond acceptors (Lipinski definition) is 3. The summed E-state index contributed by atoms with van der Waals surface area (Å²) in [5, 5.41) is 4.57. The zero-order valence-corrected chi connectivity index (χ0v) is 6.37. The summed E-state index contributed by atoms with van der Waals surface area (Å²) in [7, 11) is 0. The zero-order valence-electron chi connectivity index (χ0n) is 5.47. The van der Waals surface area contributed by atoms with E-state index in [1.54, 1.807) is 6.92 Å². The van der Waals surface area contributed by atoms with Crippen molar-refractivity contribution in [2.75, 3.05) is 5.75 Å². The minimum atomic E-state index is -0.819. The second-order valence-electron chi connectivity index (χ2n) is 2.40. The Labute approximate surface area is 63.8 Å². The van der Waals surface area contributed by atoms with Crippen LogP contribution in [-0.2, 0) is 4.79 Å². The van der Waals surface area contributed by atoms with E-state index in [0.29, 0.717) is 5.75 Å². The highest BCUT2D eigenvalue weighted by Gasteiger charge is 2.40. The largest absolute Gasteiger partial charge is 0.323 e. The lowest BCUT2D eigenvalue weighted by Gasteiger charge is -2.15. The normalized spacial score (nSPS) is 31.8. The lowest BCUT2D eigenvalue weighted by molar-refractivity contribution is -0.122. The summed E-state index contributed by atoms with van der Waals surface area (Å²) in [6.45, 7) is 1.63. The molecule has 1 heterocycles. The molecule has 56 valence electrons. The van der Waals surface area contributed by atoms with Gasteiger partial charge in [0.2, 0.25) is 0 Å². The number of amides is 3. The summed E-state index contributed by atoms with van der Waals surface area (Å²) < 4.78 is 0. The molecule has 0 aliphatic carbocycles. The quantitative estimate of drug-likeness (QED) is 0.358. The number of rotatable bonds is 1. The van der Waals surface area contributed by atoms with Crippen LogP contribution in [-0.4, -0.2) is 23.2 Å². The summed E-state index contributed by atoms with van der Waals surface area (Å²) in [5.74, 6) is -0.00241. The monoisotopic (exact) mass is 160 g/mol. The fourth-order valence-corrected chi connectivity index (χ4v) is 0.914. The maximum atomic E-state index is 10.9. The molecule has 1 fully saturated rings. The third-order valence-corrected chi connectivity index (χ3v) is 2.07. The Balaban J connectivity index is 2.80. The van der Waals surface area contributed by atoms with Crippen molar-refractivity contribution in [3.05, 3.63) is 0 Å². The molecule has 1 atom stereocenters. The van der Waals surface area contributed by atoms with Gasteiger partial charge in [-0.3, -0.25) is 10.1 Å². The third kappa shape index (κ3) is 0.965. The Bertz CT molecular complexity index is 194. The lowest BCUT2D eigenvalue weighted by Crippen LogP contribution is -2.45. The Morgan fingerprint density at radius 2 is 2.20 bits per heavy atom. The number of carbonyl (C=O) groups is 2. The van der Waals surface area contributed by atoms with Gasteiger partial charge in [0.1, 0.15) is 5.54 Å². The van der Waals surface area contributed by atoms with Crippen molar-refractivity contribution in [3.8, 4) is 0 Å². The van der Waals surface area contributed by atoms with Gasteiger partial charge in [-0.2, -0.15) is 12.6 Å². The molecule has 0 radical (unpaired) electrons. The van der Waals surface area contributed by atoms with Crippen molar-refractivity contribution in [2.45, 2.75) is 12.5 Å². The van der Waals surface area contributed by atoms with E-state index in [2.05, 4.69) is 23.3 Å². The van der Waals surface area contributed by atoms with Crippen molar-refractivity contribution < 1.29 is 9.59 Å². The summed E-state index contributed by atoms with van der Waals surface area (Å²) in [5.41, 5.74) is -0.819. The molecular weight excluding hydrogens is 152 g/mol. The van der Waals surface area contributed by atoms with Crippen LogP contribution in [0.15, 0.2) is 0 Å². The molecule has 3 amide bonds. The van der Waals surface area contributed by atoms with Gasteiger partial charge in [0, 0.05) is 5.75 Å². The average Bonchev–Trinajstić information content (AvgIpc) is 2.09. The van der Waals surface area contributed by atoms with Crippen LogP contribution in [0.25, 0.3) is 0 Å². The fraction of sp³-hybridized carbons (Fsp3) is 0.600. The maximum Gasteiger partial charge on any atom is 0.322 e. The molecule has 1 aliphatic heterocycles. The van der Waals surface area contributed by atoms with E-state index in [9.17, 15) is 9.59 Å². The summed E-state index contributed by atoms with van der Waals surface area (Å²) in [6.07, 6.45) is 0. The number of carbonyl (C=O) groups excluding carboxylic acids is 2. The second-order valence-corrected chi connectivity index (χ2v) is 2.71. The number of imide groups is 1. The molecule has 0 aromatic heterocycles. The fourth-order valence-electron chi connectivity index (χ4n) is 0.691. The van der Waals surface area contributed by atoms with Gasteiger partial charge in [-0.25, -0.2) is 4.79 Å². The summed E-state index contributed by atoms with van der Waals surface area (Å²) >= 11 is 3.93. The lowest BCUT2D eigenvalue weighted by atomic mass is 10.1. The number of urea groups is 1. The SMILES string of the molecule is C[C@@]1(CS)NC(=O)NC1=O. The molecule has 10 heavy (non-hydrogen) atoms. The Morgan fingerprint density at radius 1 is 1.60 bits per heavy atom. The zero-order chi connectivity index (χ0) is 7.78. The van der Waals surface area contributed by atoms with Gasteiger partial charge in [0.25, 0.3) is 5.91 Å². The van der Waals surface area contributed by atoms with E-state index in [4.69, 9.17) is 0 Å². The molecule has 5 heteroatoms. The molecule has 0 bridgehead atoms. The van der Waals surface area contributed by atoms with Gasteiger partial charge in [-0.05, 0) is 6.92 Å². The molecular formula is C5H8N2O2S. The van der Waals surface area contributed by atoms with Crippen molar-refractivity contribution in [1.82, 2.24) is 10.6 Å². The molecule has 4 nitrogen and oxygen atoms in total. The van der Waals surface area contributed by atoms with Crippen LogP contribution in [0.4, 0.5) is 4.79 Å². The molecule has 0 spiro atoms. The Hall–Kier alpha value is -0.710. The maximum absolute atomic E-state index is 10.9. The first-order chi connectivity index (χ1) is 4.58. The van der Waals surface area contributed by atoms with Crippen LogP contribution in [0.2, 0.25) is 0 Å². The van der Waals surface area contributed by atoms with Gasteiger partial charge in [-0.1, -0.05) is 0 Å². The molecule has 0 saturated carbocycles. The molecule has 0 aromatic carbocycles. The highest BCUT2D eigenvalue weighted by atomic mass is 32.1. The second kappa shape index (κ2) is 2.16. The molecule has 2 N–H and O–H groups in total. The van der Waals surface area contributed by atoms with Crippen LogP contribution in [0.5, 0.6) is 0 Å². The summed E-state index contributed by atoms with van der Waals surface area (Å²) in [6, 6.07) is -0.443. The predicted molar refractivity (Wildman–Crippen MR) is 38.9 cm³/mol. The van der Waals surface area contributed by atoms with Crippen molar-refractivity contribution in [2.24, 2.45) is 0 Å². The van der Waals surface area contributed by atoms with Crippen LogP contribution < -0.4 is 10.6 Å². The smallest absolute Gasteiger partial charge is 0.322 e. The molecule has 1 rings (SSSR count). The van der Waals surface area contributed by atoms with Crippen LogP contribution in [0.1, 0.15) is 6.92 Å². The van der Waals surface area contributed by atoms with E-state index in [-0.39, 0.29) is 5.91 Å². The first-order valence-electron chi connectivity index (χ1n) is 2.83. The number of thiol groups is 1. The van der Waals surface area contributed by atoms with E-state index in [0.717, 1.165) is 0 Å². The Morgan fingerprint density at radius 3 is 2.40 bits per heavy atom. The van der Waals surface area contributed by atoms with Gasteiger partial charge in [0.15, 0.2) is 0 Å². The van der Waals surface area contributed by atoms with E-state index in [1.807, 2.05) is 0 Å². The molecule has 1 saturated heterocycles. The number of hydrogen-bond donors (Lipinski definition) is 3. The van der Waals surface area contributed by atoms with Crippen molar-refractivity contribution in [3.63, 3.8) is 0 Å². The minimum absolute atomic E-state index is 0.310. The molecule has 0 aromatic rings. The third-order valence-electron chi connectivity index (χ3n) is 1.43. The van der Waals surface area contributed by atoms with E-state index >= 15 is 0 Å². The van der Waals surface area contributed by atoms with Crippen LogP contribution >= 0.6 is 12.6 Å². The van der Waals surface area contributed by atoms with Gasteiger partial charge in [-0.15, -0.1) is 0 Å². The molecule has 0 unspecified atom stereocenters. The van der Waals surface area contributed by atoms with E-state index in [1.165, 1.54) is 0 Å². The predicted octanol–water partition coefficient (Wildman–Crippen LogP) is -0.486. The van der Waals surface area contributed by atoms with Crippen LogP contribution in [0.3, 0.4) is 0 Å². The first-order valence-corrected chi connectivity index (χ1v) is 3.46. The first kappa shape index (κ1) is 7.40. The molecule has 1 aliphatic rings. The van der Waals surface area contributed by atoms with Crippen molar-refractivity contribution >= 4 is 24.6 Å². The van der Waals surface area contributed by atoms with Gasteiger partial charge >= 0.3 is 6.03 Å². The van der Waals surface area contributed by atoms with Gasteiger partial charge in [0.05, 0.1) is 0 Å². The van der Waals surface area contributed by atoms with E-state index < -0.39 is 11.6 Å². The average molecular weight is 160 g/mol. The summed E-state index contributed by atoms with van der Waals surface area (Å²) in [4.78, 5) is 21.4. The standard InChI is InChI=1S/C5H8N2O2S/c1-5(2-10)3(8)6-4(9)7-5/h10H,2H2,1H3,(H2,6,7,8,9)/t5-/m0/s1.